The van der Waals surface area contributed by atoms with Gasteiger partial charge >= 0.3 is 0 Å². The summed E-state index contributed by atoms with van der Waals surface area (Å²) in [6.07, 6.45) is 3.59. The third-order valence-corrected chi connectivity index (χ3v) is 5.88. The standard InChI is InChI=1S/C21H25N3O4S/c1-2-28-19-9-6-5-8-18(19)21(25)23-16-11-13-17(14-12-16)29(26,27)24-20-10-4-3-7-15-22-20/h5-6,8-9,11-14H,2-4,7,10,15H2,1H3,(H,22,24)(H,23,25). The first-order valence-electron chi connectivity index (χ1n) is 9.69. The Balaban J connectivity index is 1.70. The van der Waals surface area contributed by atoms with Crippen molar-refractivity contribution in [1.29, 1.82) is 0 Å². The van der Waals surface area contributed by atoms with Gasteiger partial charge in [0, 0.05) is 18.7 Å². The van der Waals surface area contributed by atoms with E-state index in [0.29, 0.717) is 42.4 Å². The molecule has 0 saturated heterocycles. The molecule has 2 aromatic rings. The van der Waals surface area contributed by atoms with E-state index in [0.717, 1.165) is 19.3 Å². The fourth-order valence-corrected chi connectivity index (χ4v) is 4.11. The maximum Gasteiger partial charge on any atom is 0.262 e. The number of hydrogen-bond donors (Lipinski definition) is 2. The number of benzene rings is 2. The lowest BCUT2D eigenvalue weighted by Crippen LogP contribution is -2.30. The predicted molar refractivity (Wildman–Crippen MR) is 113 cm³/mol. The van der Waals surface area contributed by atoms with Crippen molar-refractivity contribution in [2.75, 3.05) is 18.5 Å². The van der Waals surface area contributed by atoms with Crippen LogP contribution in [0, 0.1) is 0 Å². The minimum atomic E-state index is -3.70. The molecule has 8 heteroatoms. The molecule has 1 heterocycles. The molecule has 0 aliphatic carbocycles. The molecule has 1 amide bonds. The first-order chi connectivity index (χ1) is 14.0. The van der Waals surface area contributed by atoms with Crippen LogP contribution in [-0.4, -0.2) is 33.3 Å². The van der Waals surface area contributed by atoms with Crippen molar-refractivity contribution in [2.24, 2.45) is 4.99 Å². The van der Waals surface area contributed by atoms with Crippen LogP contribution in [0.5, 0.6) is 5.75 Å². The Labute approximate surface area is 171 Å². The summed E-state index contributed by atoms with van der Waals surface area (Å²) in [5.41, 5.74) is 0.908. The summed E-state index contributed by atoms with van der Waals surface area (Å²) in [6.45, 7) is 2.95. The Morgan fingerprint density at radius 2 is 1.83 bits per heavy atom. The molecule has 0 bridgehead atoms. The van der Waals surface area contributed by atoms with E-state index < -0.39 is 10.0 Å². The number of ether oxygens (including phenoxy) is 1. The SMILES string of the molecule is CCOc1ccccc1C(=O)Nc1ccc(S(=O)(=O)NC2=NCCCCC2)cc1. The molecule has 0 spiro atoms. The average Bonchev–Trinajstić information content (AvgIpc) is 2.97. The molecule has 0 atom stereocenters. The largest absolute Gasteiger partial charge is 0.493 e. The molecule has 1 aliphatic rings. The molecule has 154 valence electrons. The van der Waals surface area contributed by atoms with Crippen molar-refractivity contribution in [3.8, 4) is 5.75 Å². The number of para-hydroxylation sites is 1. The summed E-state index contributed by atoms with van der Waals surface area (Å²) in [7, 11) is -3.70. The number of rotatable bonds is 6. The Hall–Kier alpha value is -2.87. The number of anilines is 1. The first-order valence-corrected chi connectivity index (χ1v) is 11.2. The lowest BCUT2D eigenvalue weighted by Gasteiger charge is -2.12. The van der Waals surface area contributed by atoms with E-state index in [1.54, 1.807) is 36.4 Å². The van der Waals surface area contributed by atoms with Crippen LogP contribution in [0.1, 0.15) is 43.0 Å². The van der Waals surface area contributed by atoms with Crippen LogP contribution in [0.4, 0.5) is 5.69 Å². The van der Waals surface area contributed by atoms with Gasteiger partial charge in [-0.15, -0.1) is 0 Å². The molecule has 3 rings (SSSR count). The lowest BCUT2D eigenvalue weighted by atomic mass is 10.2. The zero-order chi connectivity index (χ0) is 20.7. The minimum Gasteiger partial charge on any atom is -0.493 e. The van der Waals surface area contributed by atoms with Gasteiger partial charge in [0.05, 0.1) is 17.1 Å². The highest BCUT2D eigenvalue weighted by Crippen LogP contribution is 2.21. The highest BCUT2D eigenvalue weighted by atomic mass is 32.2. The van der Waals surface area contributed by atoms with Gasteiger partial charge in [-0.3, -0.25) is 14.5 Å². The molecule has 7 nitrogen and oxygen atoms in total. The Morgan fingerprint density at radius 1 is 1.07 bits per heavy atom. The normalized spacial score (nSPS) is 14.4. The number of aliphatic imine (C=N–C) groups is 1. The molecule has 0 unspecified atom stereocenters. The number of hydrogen-bond acceptors (Lipinski definition) is 5. The van der Waals surface area contributed by atoms with Crippen LogP contribution < -0.4 is 14.8 Å². The predicted octanol–water partition coefficient (Wildman–Crippen LogP) is 3.59. The van der Waals surface area contributed by atoms with Crippen LogP contribution in [0.3, 0.4) is 0 Å². The van der Waals surface area contributed by atoms with Gasteiger partial charge in [-0.25, -0.2) is 8.42 Å². The van der Waals surface area contributed by atoms with Gasteiger partial charge in [0.1, 0.15) is 11.6 Å². The second kappa shape index (κ2) is 9.56. The fourth-order valence-electron chi connectivity index (χ4n) is 3.02. The maximum atomic E-state index is 12.6. The lowest BCUT2D eigenvalue weighted by molar-refractivity contribution is 0.102. The first kappa shape index (κ1) is 20.9. The summed E-state index contributed by atoms with van der Waals surface area (Å²) in [6, 6.07) is 13.0. The molecule has 0 fully saturated rings. The Morgan fingerprint density at radius 3 is 2.59 bits per heavy atom. The molecular formula is C21H25N3O4S. The zero-order valence-electron chi connectivity index (χ0n) is 16.3. The molecule has 0 aromatic heterocycles. The van der Waals surface area contributed by atoms with E-state index in [1.807, 2.05) is 6.92 Å². The summed E-state index contributed by atoms with van der Waals surface area (Å²) in [5.74, 6) is 0.683. The third-order valence-electron chi connectivity index (χ3n) is 4.48. The maximum absolute atomic E-state index is 12.6. The van der Waals surface area contributed by atoms with Crippen molar-refractivity contribution in [1.82, 2.24) is 4.72 Å². The molecule has 2 aromatic carbocycles. The van der Waals surface area contributed by atoms with Gasteiger partial charge in [0.25, 0.3) is 15.9 Å². The van der Waals surface area contributed by atoms with Crippen molar-refractivity contribution in [2.45, 2.75) is 37.5 Å². The number of carbonyl (C=O) groups excluding carboxylic acids is 1. The van der Waals surface area contributed by atoms with E-state index in [1.165, 1.54) is 12.1 Å². The highest BCUT2D eigenvalue weighted by molar-refractivity contribution is 7.90. The fraction of sp³-hybridized carbons (Fsp3) is 0.333. The van der Waals surface area contributed by atoms with Gasteiger partial charge < -0.3 is 10.1 Å². The summed E-state index contributed by atoms with van der Waals surface area (Å²) >= 11 is 0. The summed E-state index contributed by atoms with van der Waals surface area (Å²) in [4.78, 5) is 17.0. The Bertz CT molecular complexity index is 985. The van der Waals surface area contributed by atoms with E-state index in [2.05, 4.69) is 15.0 Å². The smallest absolute Gasteiger partial charge is 0.262 e. The van der Waals surface area contributed by atoms with Gasteiger partial charge in [0.15, 0.2) is 0 Å². The number of amidine groups is 1. The summed E-state index contributed by atoms with van der Waals surface area (Å²) in [5, 5.41) is 2.77. The quantitative estimate of drug-likeness (QED) is 0.753. The van der Waals surface area contributed by atoms with Crippen LogP contribution in [0.15, 0.2) is 58.4 Å². The minimum absolute atomic E-state index is 0.122. The van der Waals surface area contributed by atoms with Crippen LogP contribution in [0.2, 0.25) is 0 Å². The number of nitrogens with one attached hydrogen (secondary N) is 2. The van der Waals surface area contributed by atoms with Crippen LogP contribution >= 0.6 is 0 Å². The topological polar surface area (TPSA) is 96.9 Å². The van der Waals surface area contributed by atoms with Gasteiger partial charge in [-0.05, 0) is 56.2 Å². The van der Waals surface area contributed by atoms with Crippen molar-refractivity contribution < 1.29 is 17.9 Å². The second-order valence-corrected chi connectivity index (χ2v) is 8.33. The molecule has 1 aliphatic heterocycles. The Kier molecular flexibility index (Phi) is 6.87. The van der Waals surface area contributed by atoms with E-state index in [9.17, 15) is 13.2 Å². The number of amides is 1. The van der Waals surface area contributed by atoms with E-state index >= 15 is 0 Å². The van der Waals surface area contributed by atoms with Crippen molar-refractivity contribution in [3.63, 3.8) is 0 Å². The molecule has 29 heavy (non-hydrogen) atoms. The van der Waals surface area contributed by atoms with Crippen molar-refractivity contribution >= 4 is 27.5 Å². The number of carbonyl (C=O) groups is 1. The number of nitrogens with zero attached hydrogens (tertiary/aromatic N) is 1. The van der Waals surface area contributed by atoms with Gasteiger partial charge in [-0.1, -0.05) is 18.6 Å². The van der Waals surface area contributed by atoms with E-state index in [-0.39, 0.29) is 10.8 Å². The zero-order valence-corrected chi connectivity index (χ0v) is 17.2. The molecular weight excluding hydrogens is 390 g/mol. The number of sulfonamides is 1. The molecule has 0 saturated carbocycles. The summed E-state index contributed by atoms with van der Waals surface area (Å²) < 4.78 is 33.2. The van der Waals surface area contributed by atoms with Crippen molar-refractivity contribution in [3.05, 3.63) is 54.1 Å². The average molecular weight is 416 g/mol. The van der Waals surface area contributed by atoms with Crippen LogP contribution in [-0.2, 0) is 10.0 Å². The molecule has 2 N–H and O–H groups in total. The van der Waals surface area contributed by atoms with Gasteiger partial charge in [0.2, 0.25) is 0 Å². The molecule has 0 radical (unpaired) electrons. The highest BCUT2D eigenvalue weighted by Gasteiger charge is 2.18. The third kappa shape index (κ3) is 5.57. The van der Waals surface area contributed by atoms with E-state index in [4.69, 9.17) is 4.74 Å². The second-order valence-electron chi connectivity index (χ2n) is 6.65. The van der Waals surface area contributed by atoms with Gasteiger partial charge in [-0.2, -0.15) is 0 Å². The van der Waals surface area contributed by atoms with Crippen LogP contribution in [0.25, 0.3) is 0 Å². The monoisotopic (exact) mass is 415 g/mol.